The van der Waals surface area contributed by atoms with Crippen molar-refractivity contribution in [3.05, 3.63) is 63.3 Å². The van der Waals surface area contributed by atoms with Crippen molar-refractivity contribution in [3.63, 3.8) is 0 Å². The number of H-pyrrole nitrogens is 1. The van der Waals surface area contributed by atoms with Crippen LogP contribution in [0.15, 0.2) is 40.2 Å². The van der Waals surface area contributed by atoms with Gasteiger partial charge in [0.05, 0.1) is 6.21 Å². The zero-order valence-electron chi connectivity index (χ0n) is 11.2. The Bertz CT molecular complexity index is 702. The van der Waals surface area contributed by atoms with Gasteiger partial charge in [-0.1, -0.05) is 29.8 Å². The number of benzene rings is 1. The highest BCUT2D eigenvalue weighted by Crippen LogP contribution is 2.00. The summed E-state index contributed by atoms with van der Waals surface area (Å²) in [4.78, 5) is 29.0. The Morgan fingerprint density at radius 3 is 2.65 bits per heavy atom. The maximum atomic E-state index is 11.8. The van der Waals surface area contributed by atoms with E-state index in [1.807, 2.05) is 31.2 Å². The summed E-state index contributed by atoms with van der Waals surface area (Å²) < 4.78 is 0. The van der Waals surface area contributed by atoms with Crippen LogP contribution in [-0.4, -0.2) is 22.1 Å². The molecule has 0 saturated carbocycles. The van der Waals surface area contributed by atoms with Gasteiger partial charge in [0, 0.05) is 5.69 Å². The van der Waals surface area contributed by atoms with Gasteiger partial charge < -0.3 is 4.98 Å². The number of rotatable bonds is 3. The van der Waals surface area contributed by atoms with Crippen LogP contribution in [0.25, 0.3) is 0 Å². The van der Waals surface area contributed by atoms with Crippen molar-refractivity contribution in [2.75, 3.05) is 0 Å². The number of amides is 1. The van der Waals surface area contributed by atoms with Crippen LogP contribution in [0, 0.1) is 13.8 Å². The number of aromatic nitrogens is 2. The molecule has 1 aromatic carbocycles. The van der Waals surface area contributed by atoms with Crippen molar-refractivity contribution in [3.8, 4) is 0 Å². The maximum Gasteiger partial charge on any atom is 0.345 e. The van der Waals surface area contributed by atoms with Crippen molar-refractivity contribution >= 4 is 12.1 Å². The third-order valence-corrected chi connectivity index (χ3v) is 2.57. The predicted molar refractivity (Wildman–Crippen MR) is 75.8 cm³/mol. The van der Waals surface area contributed by atoms with Gasteiger partial charge in [-0.05, 0) is 25.5 Å². The van der Waals surface area contributed by atoms with Crippen LogP contribution in [0.3, 0.4) is 0 Å². The fraction of sp³-hybridized carbons (Fsp3) is 0.143. The summed E-state index contributed by atoms with van der Waals surface area (Å²) in [6.45, 7) is 3.67. The molecule has 0 aliphatic rings. The van der Waals surface area contributed by atoms with Crippen molar-refractivity contribution < 1.29 is 4.79 Å². The number of hydrazone groups is 1. The highest BCUT2D eigenvalue weighted by molar-refractivity contribution is 5.93. The molecule has 0 atom stereocenters. The molecule has 0 aliphatic carbocycles. The zero-order chi connectivity index (χ0) is 14.5. The highest BCUT2D eigenvalue weighted by Gasteiger charge is 2.07. The van der Waals surface area contributed by atoms with E-state index in [-0.39, 0.29) is 5.69 Å². The van der Waals surface area contributed by atoms with E-state index in [9.17, 15) is 9.59 Å². The first-order chi connectivity index (χ1) is 9.54. The Labute approximate surface area is 115 Å². The second-order valence-corrected chi connectivity index (χ2v) is 4.36. The fourth-order valence-electron chi connectivity index (χ4n) is 1.57. The minimum Gasteiger partial charge on any atom is -0.310 e. The number of aromatic amines is 1. The number of hydrogen-bond donors (Lipinski definition) is 2. The van der Waals surface area contributed by atoms with Crippen LogP contribution in [-0.2, 0) is 0 Å². The van der Waals surface area contributed by atoms with Gasteiger partial charge in [-0.3, -0.25) is 4.79 Å². The van der Waals surface area contributed by atoms with E-state index in [4.69, 9.17) is 0 Å². The monoisotopic (exact) mass is 270 g/mol. The lowest BCUT2D eigenvalue weighted by atomic mass is 10.2. The van der Waals surface area contributed by atoms with E-state index in [2.05, 4.69) is 20.5 Å². The molecule has 102 valence electrons. The smallest absolute Gasteiger partial charge is 0.310 e. The van der Waals surface area contributed by atoms with E-state index in [0.29, 0.717) is 5.69 Å². The van der Waals surface area contributed by atoms with E-state index >= 15 is 0 Å². The molecular formula is C14H14N4O2. The molecule has 0 radical (unpaired) electrons. The highest BCUT2D eigenvalue weighted by atomic mass is 16.2. The summed E-state index contributed by atoms with van der Waals surface area (Å²) in [7, 11) is 0. The average Bonchev–Trinajstić information content (AvgIpc) is 2.40. The number of carbonyl (C=O) groups excluding carboxylic acids is 1. The van der Waals surface area contributed by atoms with Crippen molar-refractivity contribution in [2.45, 2.75) is 13.8 Å². The number of hydrogen-bond acceptors (Lipinski definition) is 4. The van der Waals surface area contributed by atoms with Gasteiger partial charge in [0.2, 0.25) is 0 Å². The molecule has 0 unspecified atom stereocenters. The average molecular weight is 270 g/mol. The van der Waals surface area contributed by atoms with Crippen LogP contribution in [0.4, 0.5) is 0 Å². The molecule has 20 heavy (non-hydrogen) atoms. The second kappa shape index (κ2) is 5.92. The van der Waals surface area contributed by atoms with Crippen LogP contribution in [0.1, 0.15) is 27.3 Å². The quantitative estimate of drug-likeness (QED) is 0.648. The molecule has 1 aromatic heterocycles. The number of carbonyl (C=O) groups is 1. The predicted octanol–water partition coefficient (Wildman–Crippen LogP) is 1.15. The van der Waals surface area contributed by atoms with E-state index < -0.39 is 11.6 Å². The lowest BCUT2D eigenvalue weighted by molar-refractivity contribution is 0.0949. The SMILES string of the molecule is Cc1ccc(/C=N/NC(=O)c2cc(C)[nH]c(=O)n2)cc1. The van der Waals surface area contributed by atoms with Crippen LogP contribution < -0.4 is 11.1 Å². The Morgan fingerprint density at radius 2 is 2.00 bits per heavy atom. The summed E-state index contributed by atoms with van der Waals surface area (Å²) in [6, 6.07) is 9.16. The maximum absolute atomic E-state index is 11.8. The van der Waals surface area contributed by atoms with Gasteiger partial charge in [-0.25, -0.2) is 10.2 Å². The largest absolute Gasteiger partial charge is 0.345 e. The number of nitrogens with one attached hydrogen (secondary N) is 2. The third-order valence-electron chi connectivity index (χ3n) is 2.57. The summed E-state index contributed by atoms with van der Waals surface area (Å²) in [6.07, 6.45) is 1.53. The Morgan fingerprint density at radius 1 is 1.30 bits per heavy atom. The summed E-state index contributed by atoms with van der Waals surface area (Å²) in [5.74, 6) is -0.525. The molecule has 0 aliphatic heterocycles. The normalized spacial score (nSPS) is 10.7. The molecule has 2 rings (SSSR count). The second-order valence-electron chi connectivity index (χ2n) is 4.36. The molecule has 1 amide bonds. The minimum atomic E-state index is -0.558. The van der Waals surface area contributed by atoms with Gasteiger partial charge in [-0.15, -0.1) is 0 Å². The first-order valence-electron chi connectivity index (χ1n) is 6.02. The van der Waals surface area contributed by atoms with Gasteiger partial charge in [0.1, 0.15) is 5.69 Å². The van der Waals surface area contributed by atoms with E-state index in [0.717, 1.165) is 11.1 Å². The van der Waals surface area contributed by atoms with Crippen LogP contribution >= 0.6 is 0 Å². The van der Waals surface area contributed by atoms with Crippen LogP contribution in [0.2, 0.25) is 0 Å². The number of nitrogens with zero attached hydrogens (tertiary/aromatic N) is 2. The molecular weight excluding hydrogens is 256 g/mol. The van der Waals surface area contributed by atoms with Gasteiger partial charge in [0.15, 0.2) is 0 Å². The zero-order valence-corrected chi connectivity index (χ0v) is 11.2. The first-order valence-corrected chi connectivity index (χ1v) is 6.02. The summed E-state index contributed by atoms with van der Waals surface area (Å²) >= 11 is 0. The van der Waals surface area contributed by atoms with E-state index in [1.165, 1.54) is 12.3 Å². The Kier molecular flexibility index (Phi) is 4.05. The lowest BCUT2D eigenvalue weighted by Crippen LogP contribution is -2.24. The minimum absolute atomic E-state index is 0.0345. The molecule has 2 aromatic rings. The molecule has 1 heterocycles. The standard InChI is InChI=1S/C14H14N4O2/c1-9-3-5-11(6-4-9)8-15-18-13(19)12-7-10(2)16-14(20)17-12/h3-8H,1-2H3,(H,18,19)(H,16,17,20)/b15-8+. The Balaban J connectivity index is 2.05. The van der Waals surface area contributed by atoms with E-state index in [1.54, 1.807) is 6.92 Å². The summed E-state index contributed by atoms with van der Waals surface area (Å²) in [5.41, 5.74) is 4.39. The number of aryl methyl sites for hydroxylation is 2. The van der Waals surface area contributed by atoms with Crippen molar-refractivity contribution in [2.24, 2.45) is 5.10 Å². The molecule has 6 nitrogen and oxygen atoms in total. The van der Waals surface area contributed by atoms with Gasteiger partial charge >= 0.3 is 5.69 Å². The summed E-state index contributed by atoms with van der Waals surface area (Å²) in [5, 5.41) is 3.83. The van der Waals surface area contributed by atoms with Crippen molar-refractivity contribution in [1.29, 1.82) is 0 Å². The lowest BCUT2D eigenvalue weighted by Gasteiger charge is -1.99. The Hall–Kier alpha value is -2.76. The molecule has 2 N–H and O–H groups in total. The topological polar surface area (TPSA) is 87.2 Å². The first kappa shape index (κ1) is 13.7. The third kappa shape index (κ3) is 3.61. The molecule has 0 bridgehead atoms. The van der Waals surface area contributed by atoms with Crippen molar-refractivity contribution in [1.82, 2.24) is 15.4 Å². The van der Waals surface area contributed by atoms with Crippen LogP contribution in [0.5, 0.6) is 0 Å². The van der Waals surface area contributed by atoms with Gasteiger partial charge in [-0.2, -0.15) is 10.1 Å². The van der Waals surface area contributed by atoms with Gasteiger partial charge in [0.25, 0.3) is 5.91 Å². The molecule has 0 spiro atoms. The molecule has 6 heteroatoms. The molecule has 0 fully saturated rings. The molecule has 0 saturated heterocycles. The fourth-order valence-corrected chi connectivity index (χ4v) is 1.57.